The molecule has 0 unspecified atom stereocenters. The second-order valence-electron chi connectivity index (χ2n) is 5.54. The molecule has 128 valence electrons. The van der Waals surface area contributed by atoms with Gasteiger partial charge in [0.1, 0.15) is 6.10 Å². The van der Waals surface area contributed by atoms with Gasteiger partial charge in [-0.05, 0) is 31.4 Å². The summed E-state index contributed by atoms with van der Waals surface area (Å²) in [6.45, 7) is 0. The fourth-order valence-electron chi connectivity index (χ4n) is 2.67. The third kappa shape index (κ3) is 5.08. The van der Waals surface area contributed by atoms with Gasteiger partial charge in [-0.25, -0.2) is 15.0 Å². The fraction of sp³-hybridized carbons (Fsp3) is 0.375. The molecule has 1 aromatic carbocycles. The molecule has 1 aliphatic rings. The summed E-state index contributed by atoms with van der Waals surface area (Å²) in [5.74, 6) is -1.84. The summed E-state index contributed by atoms with van der Waals surface area (Å²) < 4.78 is 5.46. The summed E-state index contributed by atoms with van der Waals surface area (Å²) >= 11 is 0. The van der Waals surface area contributed by atoms with Crippen molar-refractivity contribution in [2.45, 2.75) is 31.8 Å². The summed E-state index contributed by atoms with van der Waals surface area (Å²) in [5.41, 5.74) is 8.09. The Morgan fingerprint density at radius 2 is 2.00 bits per heavy atom. The number of carbonyl (C=O) groups is 3. The highest BCUT2D eigenvalue weighted by Crippen LogP contribution is 2.27. The van der Waals surface area contributed by atoms with Crippen LogP contribution < -0.4 is 11.2 Å². The largest absolute Gasteiger partial charge is 0.481 e. The van der Waals surface area contributed by atoms with Gasteiger partial charge in [-0.2, -0.15) is 5.10 Å². The number of carboxylic acids is 1. The van der Waals surface area contributed by atoms with Gasteiger partial charge < -0.3 is 15.6 Å². The first-order valence-corrected chi connectivity index (χ1v) is 7.55. The van der Waals surface area contributed by atoms with E-state index in [1.165, 1.54) is 0 Å². The number of hydrogen-bond donors (Lipinski definition) is 3. The van der Waals surface area contributed by atoms with Gasteiger partial charge >= 0.3 is 18.0 Å². The van der Waals surface area contributed by atoms with Crippen molar-refractivity contribution in [1.29, 1.82) is 0 Å². The minimum Gasteiger partial charge on any atom is -0.481 e. The van der Waals surface area contributed by atoms with E-state index in [0.717, 1.165) is 0 Å². The van der Waals surface area contributed by atoms with E-state index in [-0.39, 0.29) is 6.42 Å². The number of hydrogen-bond acceptors (Lipinski definition) is 5. The minimum atomic E-state index is -0.984. The Morgan fingerprint density at radius 3 is 2.62 bits per heavy atom. The predicted molar refractivity (Wildman–Crippen MR) is 85.4 cm³/mol. The van der Waals surface area contributed by atoms with E-state index in [0.29, 0.717) is 30.5 Å². The maximum Gasteiger partial charge on any atom is 0.338 e. The molecule has 2 amide bonds. The number of primary amides is 1. The van der Waals surface area contributed by atoms with Gasteiger partial charge in [0.25, 0.3) is 0 Å². The van der Waals surface area contributed by atoms with Crippen molar-refractivity contribution in [2.24, 2.45) is 16.8 Å². The lowest BCUT2D eigenvalue weighted by molar-refractivity contribution is -0.137. The van der Waals surface area contributed by atoms with Crippen LogP contribution in [0.25, 0.3) is 0 Å². The fourth-order valence-corrected chi connectivity index (χ4v) is 2.67. The van der Waals surface area contributed by atoms with Crippen LogP contribution >= 0.6 is 0 Å². The van der Waals surface area contributed by atoms with Crippen LogP contribution in [0.1, 0.15) is 36.0 Å². The molecule has 1 fully saturated rings. The van der Waals surface area contributed by atoms with Crippen LogP contribution in [0.5, 0.6) is 0 Å². The van der Waals surface area contributed by atoms with Gasteiger partial charge in [0, 0.05) is 11.6 Å². The van der Waals surface area contributed by atoms with Crippen LogP contribution in [-0.2, 0) is 9.53 Å². The number of nitrogens with one attached hydrogen (secondary N) is 1. The molecular weight excluding hydrogens is 314 g/mol. The second-order valence-corrected chi connectivity index (χ2v) is 5.54. The SMILES string of the molecule is NC(=O)N/N=C1\CC[C@@H](OC(=O)c2ccccc2)C[C@H]1CC(=O)O. The zero-order chi connectivity index (χ0) is 17.5. The molecule has 0 aliphatic heterocycles. The maximum absolute atomic E-state index is 12.1. The Balaban J connectivity index is 2.02. The lowest BCUT2D eigenvalue weighted by Crippen LogP contribution is -2.35. The molecule has 1 saturated carbocycles. The number of urea groups is 1. The lowest BCUT2D eigenvalue weighted by Gasteiger charge is -2.29. The molecule has 0 spiro atoms. The number of aliphatic carboxylic acids is 1. The van der Waals surface area contributed by atoms with Crippen LogP contribution in [0.15, 0.2) is 35.4 Å². The van der Waals surface area contributed by atoms with Crippen LogP contribution in [0.4, 0.5) is 4.79 Å². The highest BCUT2D eigenvalue weighted by Gasteiger charge is 2.31. The molecule has 4 N–H and O–H groups in total. The number of benzene rings is 1. The molecular formula is C16H19N3O5. The van der Waals surface area contributed by atoms with E-state index in [9.17, 15) is 14.4 Å². The Labute approximate surface area is 138 Å². The summed E-state index contributed by atoms with van der Waals surface area (Å²) in [7, 11) is 0. The van der Waals surface area contributed by atoms with Gasteiger partial charge in [0.15, 0.2) is 0 Å². The number of hydrazone groups is 1. The van der Waals surface area contributed by atoms with E-state index >= 15 is 0 Å². The number of carboxylic acid groups (broad SMARTS) is 1. The average molecular weight is 333 g/mol. The third-order valence-electron chi connectivity index (χ3n) is 3.76. The van der Waals surface area contributed by atoms with E-state index < -0.39 is 30.0 Å². The predicted octanol–water partition coefficient (Wildman–Crippen LogP) is 1.51. The lowest BCUT2D eigenvalue weighted by atomic mass is 9.83. The molecule has 1 aromatic rings. The second kappa shape index (κ2) is 8.09. The van der Waals surface area contributed by atoms with E-state index in [1.54, 1.807) is 30.3 Å². The van der Waals surface area contributed by atoms with Crippen molar-refractivity contribution in [3.8, 4) is 0 Å². The maximum atomic E-state index is 12.1. The number of carbonyl (C=O) groups excluding carboxylic acids is 2. The first-order valence-electron chi connectivity index (χ1n) is 7.55. The first-order chi connectivity index (χ1) is 11.5. The van der Waals surface area contributed by atoms with Gasteiger partial charge in [0.05, 0.1) is 12.0 Å². The molecule has 0 radical (unpaired) electrons. The molecule has 0 heterocycles. The number of amides is 2. The highest BCUT2D eigenvalue weighted by atomic mass is 16.5. The Bertz CT molecular complexity index is 644. The zero-order valence-corrected chi connectivity index (χ0v) is 13.0. The standard InChI is InChI=1S/C16H19N3O5/c17-16(23)19-18-13-7-6-12(8-11(13)9-14(20)21)24-15(22)10-4-2-1-3-5-10/h1-5,11-12H,6-9H2,(H,20,21)(H3,17,19,23)/b18-13+/t11-,12+/m0/s1. The smallest absolute Gasteiger partial charge is 0.338 e. The Morgan fingerprint density at radius 1 is 1.29 bits per heavy atom. The number of ether oxygens (including phenoxy) is 1. The van der Waals surface area contributed by atoms with Crippen molar-refractivity contribution in [1.82, 2.24) is 5.43 Å². The van der Waals surface area contributed by atoms with Crippen LogP contribution in [0.3, 0.4) is 0 Å². The first kappa shape index (κ1) is 17.5. The molecule has 0 aromatic heterocycles. The van der Waals surface area contributed by atoms with Crippen molar-refractivity contribution in [3.63, 3.8) is 0 Å². The van der Waals surface area contributed by atoms with Crippen molar-refractivity contribution >= 4 is 23.7 Å². The number of rotatable bonds is 5. The number of nitrogens with two attached hydrogens (primary N) is 1. The number of esters is 1. The quantitative estimate of drug-likeness (QED) is 0.555. The van der Waals surface area contributed by atoms with E-state index in [1.807, 2.05) is 0 Å². The molecule has 1 aliphatic carbocycles. The molecule has 0 bridgehead atoms. The molecule has 8 heteroatoms. The summed E-state index contributed by atoms with van der Waals surface area (Å²) in [5, 5.41) is 12.9. The molecule has 2 rings (SSSR count). The highest BCUT2D eigenvalue weighted by molar-refractivity contribution is 5.92. The number of nitrogens with zero attached hydrogens (tertiary/aromatic N) is 1. The summed E-state index contributed by atoms with van der Waals surface area (Å²) in [6.07, 6.45) is 0.719. The van der Waals surface area contributed by atoms with Gasteiger partial charge in [-0.15, -0.1) is 0 Å². The third-order valence-corrected chi connectivity index (χ3v) is 3.76. The van der Waals surface area contributed by atoms with Gasteiger partial charge in [-0.1, -0.05) is 18.2 Å². The van der Waals surface area contributed by atoms with Crippen molar-refractivity contribution in [3.05, 3.63) is 35.9 Å². The topological polar surface area (TPSA) is 131 Å². The monoisotopic (exact) mass is 333 g/mol. The van der Waals surface area contributed by atoms with Gasteiger partial charge in [0.2, 0.25) is 0 Å². The molecule has 24 heavy (non-hydrogen) atoms. The van der Waals surface area contributed by atoms with Crippen LogP contribution in [0.2, 0.25) is 0 Å². The Kier molecular flexibility index (Phi) is 5.89. The normalized spacial score (nSPS) is 21.9. The van der Waals surface area contributed by atoms with E-state index in [4.69, 9.17) is 15.6 Å². The summed E-state index contributed by atoms with van der Waals surface area (Å²) in [6, 6.07) is 7.78. The molecule has 8 nitrogen and oxygen atoms in total. The average Bonchev–Trinajstić information content (AvgIpc) is 2.54. The molecule has 0 saturated heterocycles. The zero-order valence-electron chi connectivity index (χ0n) is 13.0. The summed E-state index contributed by atoms with van der Waals surface area (Å²) in [4.78, 5) is 33.9. The van der Waals surface area contributed by atoms with E-state index in [2.05, 4.69) is 10.5 Å². The van der Waals surface area contributed by atoms with Gasteiger partial charge in [-0.3, -0.25) is 4.79 Å². The van der Waals surface area contributed by atoms with Crippen molar-refractivity contribution in [2.75, 3.05) is 0 Å². The Hall–Kier alpha value is -2.90. The van der Waals surface area contributed by atoms with Crippen LogP contribution in [-0.4, -0.2) is 34.9 Å². The molecule has 2 atom stereocenters. The minimum absolute atomic E-state index is 0.154. The van der Waals surface area contributed by atoms with Crippen molar-refractivity contribution < 1.29 is 24.2 Å². The van der Waals surface area contributed by atoms with Crippen LogP contribution in [0, 0.1) is 5.92 Å².